The lowest BCUT2D eigenvalue weighted by atomic mass is 10.0. The summed E-state index contributed by atoms with van der Waals surface area (Å²) in [6.07, 6.45) is 0. The molecule has 1 fully saturated rings. The van der Waals surface area contributed by atoms with Gasteiger partial charge in [0, 0.05) is 18.2 Å². The molecule has 2 unspecified atom stereocenters. The van der Waals surface area contributed by atoms with Crippen molar-refractivity contribution in [2.45, 2.75) is 24.4 Å². The molecule has 0 aromatic heterocycles. The first-order chi connectivity index (χ1) is 13.3. The predicted octanol–water partition coefficient (Wildman–Crippen LogP) is -0.0119. The van der Waals surface area contributed by atoms with Crippen molar-refractivity contribution in [1.82, 2.24) is 10.2 Å². The molecule has 10 heteroatoms. The van der Waals surface area contributed by atoms with E-state index in [1.807, 2.05) is 0 Å². The Balaban J connectivity index is 1.72. The highest BCUT2D eigenvalue weighted by Gasteiger charge is 2.54. The smallest absolute Gasteiger partial charge is 0.352 e. The summed E-state index contributed by atoms with van der Waals surface area (Å²) in [6, 6.07) is 6.92. The van der Waals surface area contributed by atoms with Gasteiger partial charge in [0.15, 0.2) is 0 Å². The van der Waals surface area contributed by atoms with E-state index in [0.717, 1.165) is 4.90 Å². The zero-order chi connectivity index (χ0) is 20.4. The van der Waals surface area contributed by atoms with E-state index in [2.05, 4.69) is 5.32 Å². The Bertz CT molecular complexity index is 856. The molecule has 1 aromatic rings. The van der Waals surface area contributed by atoms with Crippen molar-refractivity contribution in [3.63, 3.8) is 0 Å². The van der Waals surface area contributed by atoms with Gasteiger partial charge < -0.3 is 20.9 Å². The largest absolute Gasteiger partial charge is 0.477 e. The zero-order valence-corrected chi connectivity index (χ0v) is 15.8. The van der Waals surface area contributed by atoms with E-state index in [-0.39, 0.29) is 18.1 Å². The molecule has 0 aliphatic carbocycles. The first kappa shape index (κ1) is 19.9. The number of nitrogens with zero attached hydrogens (tertiary/aromatic N) is 1. The fourth-order valence-electron chi connectivity index (χ4n) is 3.04. The second-order valence-electron chi connectivity index (χ2n) is 6.32. The minimum absolute atomic E-state index is 0.198. The zero-order valence-electron chi connectivity index (χ0n) is 15.0. The molecule has 3 atom stereocenters. The van der Waals surface area contributed by atoms with Crippen LogP contribution in [0.15, 0.2) is 41.6 Å². The number of hydrogen-bond donors (Lipinski definition) is 3. The molecule has 0 radical (unpaired) electrons. The number of thioether (sulfide) groups is 1. The first-order valence-electron chi connectivity index (χ1n) is 8.45. The second kappa shape index (κ2) is 8.03. The number of hydrogen-bond acceptors (Lipinski definition) is 7. The number of aliphatic carboxylic acids is 1. The molecule has 4 N–H and O–H groups in total. The quantitative estimate of drug-likeness (QED) is 0.444. The van der Waals surface area contributed by atoms with Gasteiger partial charge in [-0.2, -0.15) is 0 Å². The standard InChI is InChI=1S/C18H19N3O6S/c1-9(22)27-7-11-8-28-17-13(16(24)21(17)14(11)18(25)26)20-15(23)12(19)10-5-3-2-4-6-10/h2-6,12-13,17H,7-8,19H2,1H3,(H,20,23)(H,25,26)/t12?,13-,17?/m1/s1. The van der Waals surface area contributed by atoms with Crippen LogP contribution in [0.5, 0.6) is 0 Å². The highest BCUT2D eigenvalue weighted by atomic mass is 32.2. The third kappa shape index (κ3) is 3.73. The van der Waals surface area contributed by atoms with Crippen LogP contribution in [0.3, 0.4) is 0 Å². The number of fused-ring (bicyclic) bond motifs is 1. The van der Waals surface area contributed by atoms with Crippen LogP contribution in [0.25, 0.3) is 0 Å². The van der Waals surface area contributed by atoms with Crippen molar-refractivity contribution in [1.29, 1.82) is 0 Å². The molecule has 0 bridgehead atoms. The summed E-state index contributed by atoms with van der Waals surface area (Å²) in [5.74, 6) is -2.62. The highest BCUT2D eigenvalue weighted by Crippen LogP contribution is 2.40. The van der Waals surface area contributed by atoms with Gasteiger partial charge in [-0.3, -0.25) is 19.3 Å². The number of carboxylic acid groups (broad SMARTS) is 1. The van der Waals surface area contributed by atoms with Crippen molar-refractivity contribution in [3.8, 4) is 0 Å². The fourth-order valence-corrected chi connectivity index (χ4v) is 4.37. The van der Waals surface area contributed by atoms with Gasteiger partial charge in [0.25, 0.3) is 5.91 Å². The van der Waals surface area contributed by atoms with Crippen molar-refractivity contribution in [2.24, 2.45) is 5.73 Å². The van der Waals surface area contributed by atoms with Crippen LogP contribution in [0.1, 0.15) is 18.5 Å². The number of esters is 1. The van der Waals surface area contributed by atoms with E-state index in [1.165, 1.54) is 18.7 Å². The minimum Gasteiger partial charge on any atom is -0.477 e. The summed E-state index contributed by atoms with van der Waals surface area (Å²) in [5.41, 5.74) is 6.69. The molecule has 2 heterocycles. The van der Waals surface area contributed by atoms with Gasteiger partial charge in [0.05, 0.1) is 0 Å². The van der Waals surface area contributed by atoms with Crippen molar-refractivity contribution >= 4 is 35.5 Å². The van der Waals surface area contributed by atoms with Crippen LogP contribution in [0.2, 0.25) is 0 Å². The van der Waals surface area contributed by atoms with Crippen molar-refractivity contribution in [2.75, 3.05) is 12.4 Å². The molecule has 2 aliphatic heterocycles. The van der Waals surface area contributed by atoms with Crippen LogP contribution in [-0.4, -0.2) is 57.5 Å². The average Bonchev–Trinajstić information content (AvgIpc) is 2.69. The Hall–Kier alpha value is -2.85. The summed E-state index contributed by atoms with van der Waals surface area (Å²) in [4.78, 5) is 48.7. The molecule has 0 saturated carbocycles. The number of amides is 2. The summed E-state index contributed by atoms with van der Waals surface area (Å²) in [6.45, 7) is 1.02. The van der Waals surface area contributed by atoms with E-state index in [1.54, 1.807) is 30.3 Å². The molecule has 148 valence electrons. The number of carboxylic acids is 1. The molecule has 1 saturated heterocycles. The van der Waals surface area contributed by atoms with E-state index in [9.17, 15) is 24.3 Å². The molecule has 1 aromatic carbocycles. The monoisotopic (exact) mass is 405 g/mol. The number of β-lactam (4-membered cyclic amide) rings is 1. The van der Waals surface area contributed by atoms with Crippen LogP contribution < -0.4 is 11.1 Å². The van der Waals surface area contributed by atoms with Crippen molar-refractivity contribution < 1.29 is 29.0 Å². The van der Waals surface area contributed by atoms with Gasteiger partial charge in [0.1, 0.15) is 29.8 Å². The van der Waals surface area contributed by atoms with Crippen molar-refractivity contribution in [3.05, 3.63) is 47.2 Å². The number of carbonyl (C=O) groups excluding carboxylic acids is 3. The Morgan fingerprint density at radius 1 is 1.36 bits per heavy atom. The van der Waals surface area contributed by atoms with Gasteiger partial charge in [0.2, 0.25) is 5.91 Å². The molecule has 3 rings (SSSR count). The lowest BCUT2D eigenvalue weighted by Gasteiger charge is -2.49. The van der Waals surface area contributed by atoms with Gasteiger partial charge >= 0.3 is 11.9 Å². The van der Waals surface area contributed by atoms with E-state index in [0.29, 0.717) is 11.1 Å². The Labute approximate surface area is 164 Å². The number of nitrogens with two attached hydrogens (primary N) is 1. The van der Waals surface area contributed by atoms with Crippen LogP contribution in [0.4, 0.5) is 0 Å². The number of nitrogens with one attached hydrogen (secondary N) is 1. The number of ether oxygens (including phenoxy) is 1. The van der Waals surface area contributed by atoms with Crippen LogP contribution in [-0.2, 0) is 23.9 Å². The SMILES string of the molecule is CC(=O)OCC1=C(C(=O)O)N2C(=O)[C@@H](NC(=O)C(N)c3ccccc3)C2SC1. The third-order valence-corrected chi connectivity index (χ3v) is 5.78. The van der Waals surface area contributed by atoms with Gasteiger partial charge in [-0.1, -0.05) is 30.3 Å². The molecule has 9 nitrogen and oxygen atoms in total. The highest BCUT2D eigenvalue weighted by molar-refractivity contribution is 8.00. The van der Waals surface area contributed by atoms with Crippen LogP contribution >= 0.6 is 11.8 Å². The summed E-state index contributed by atoms with van der Waals surface area (Å²) >= 11 is 1.29. The molecular formula is C18H19N3O6S. The summed E-state index contributed by atoms with van der Waals surface area (Å²) in [5, 5.41) is 11.6. The minimum atomic E-state index is -1.29. The van der Waals surface area contributed by atoms with Gasteiger partial charge in [-0.25, -0.2) is 4.79 Å². The van der Waals surface area contributed by atoms with Gasteiger partial charge in [-0.05, 0) is 5.56 Å². The predicted molar refractivity (Wildman–Crippen MR) is 99.7 cm³/mol. The maximum atomic E-state index is 12.5. The molecule has 2 amide bonds. The Morgan fingerprint density at radius 2 is 2.04 bits per heavy atom. The molecule has 28 heavy (non-hydrogen) atoms. The molecule has 2 aliphatic rings. The summed E-state index contributed by atoms with van der Waals surface area (Å²) < 4.78 is 4.88. The third-order valence-electron chi connectivity index (χ3n) is 4.44. The van der Waals surface area contributed by atoms with Crippen LogP contribution in [0, 0.1) is 0 Å². The van der Waals surface area contributed by atoms with E-state index < -0.39 is 41.2 Å². The maximum absolute atomic E-state index is 12.5. The number of rotatable bonds is 6. The molecular weight excluding hydrogens is 386 g/mol. The van der Waals surface area contributed by atoms with E-state index in [4.69, 9.17) is 10.5 Å². The lowest BCUT2D eigenvalue weighted by Crippen LogP contribution is -2.71. The topological polar surface area (TPSA) is 139 Å². The normalized spacial score (nSPS) is 22.1. The Kier molecular flexibility index (Phi) is 5.71. The summed E-state index contributed by atoms with van der Waals surface area (Å²) in [7, 11) is 0. The average molecular weight is 405 g/mol. The molecule has 0 spiro atoms. The first-order valence-corrected chi connectivity index (χ1v) is 9.50. The number of carbonyl (C=O) groups is 4. The Morgan fingerprint density at radius 3 is 2.64 bits per heavy atom. The number of benzene rings is 1. The lowest BCUT2D eigenvalue weighted by molar-refractivity contribution is -0.151. The fraction of sp³-hybridized carbons (Fsp3) is 0.333. The second-order valence-corrected chi connectivity index (χ2v) is 7.43. The van der Waals surface area contributed by atoms with E-state index >= 15 is 0 Å². The van der Waals surface area contributed by atoms with Gasteiger partial charge in [-0.15, -0.1) is 11.8 Å². The maximum Gasteiger partial charge on any atom is 0.352 e.